The summed E-state index contributed by atoms with van der Waals surface area (Å²) in [5.74, 6) is -0.472. The van der Waals surface area contributed by atoms with Gasteiger partial charge in [-0.15, -0.1) is 0 Å². The number of halogens is 1. The van der Waals surface area contributed by atoms with Crippen molar-refractivity contribution >= 4 is 11.6 Å². The Hall–Kier alpha value is -1.38. The van der Waals surface area contributed by atoms with Crippen LogP contribution in [0.2, 0.25) is 0 Å². The Morgan fingerprint density at radius 3 is 2.50 bits per heavy atom. The van der Waals surface area contributed by atoms with E-state index in [1.165, 1.54) is 12.1 Å². The summed E-state index contributed by atoms with van der Waals surface area (Å²) in [7, 11) is 0. The van der Waals surface area contributed by atoms with Crippen molar-refractivity contribution in [1.29, 1.82) is 0 Å². The predicted octanol–water partition coefficient (Wildman–Crippen LogP) is 2.81. The van der Waals surface area contributed by atoms with Gasteiger partial charge in [0.25, 0.3) is 0 Å². The van der Waals surface area contributed by atoms with Crippen LogP contribution in [0, 0.1) is 11.2 Å². The quantitative estimate of drug-likeness (QED) is 0.733. The first-order valence-corrected chi connectivity index (χ1v) is 4.46. The van der Waals surface area contributed by atoms with Gasteiger partial charge in [0.2, 0.25) is 5.91 Å². The molecule has 0 fully saturated rings. The molecule has 1 amide bonds. The Bertz CT molecular complexity index is 341. The molecule has 1 aromatic rings. The van der Waals surface area contributed by atoms with Gasteiger partial charge in [0.15, 0.2) is 0 Å². The molecule has 0 aliphatic heterocycles. The van der Waals surface area contributed by atoms with Crippen molar-refractivity contribution in [2.75, 3.05) is 5.32 Å². The molecular weight excluding hydrogens is 181 g/mol. The van der Waals surface area contributed by atoms with E-state index in [0.29, 0.717) is 5.69 Å². The Labute approximate surface area is 83.1 Å². The highest BCUT2D eigenvalue weighted by Crippen LogP contribution is 2.17. The molecule has 0 saturated heterocycles. The molecule has 3 heteroatoms. The summed E-state index contributed by atoms with van der Waals surface area (Å²) >= 11 is 0. The second kappa shape index (κ2) is 3.78. The summed E-state index contributed by atoms with van der Waals surface area (Å²) < 4.78 is 12.8. The second-order valence-corrected chi connectivity index (χ2v) is 4.21. The highest BCUT2D eigenvalue weighted by molar-refractivity contribution is 5.94. The van der Waals surface area contributed by atoms with Crippen LogP contribution in [0.1, 0.15) is 20.8 Å². The zero-order chi connectivity index (χ0) is 10.8. The highest BCUT2D eigenvalue weighted by atomic mass is 19.1. The molecule has 0 spiro atoms. The molecule has 0 heterocycles. The van der Waals surface area contributed by atoms with Crippen molar-refractivity contribution in [2.24, 2.45) is 5.41 Å². The first-order valence-electron chi connectivity index (χ1n) is 4.46. The lowest BCUT2D eigenvalue weighted by Crippen LogP contribution is -2.27. The highest BCUT2D eigenvalue weighted by Gasteiger charge is 2.20. The maximum Gasteiger partial charge on any atom is 0.229 e. The molecule has 0 saturated carbocycles. The fraction of sp³-hybridized carbons (Fsp3) is 0.364. The van der Waals surface area contributed by atoms with E-state index < -0.39 is 5.41 Å². The molecule has 0 radical (unpaired) electrons. The van der Waals surface area contributed by atoms with Gasteiger partial charge in [0, 0.05) is 11.1 Å². The van der Waals surface area contributed by atoms with Crippen molar-refractivity contribution in [3.8, 4) is 0 Å². The van der Waals surface area contributed by atoms with Crippen LogP contribution in [0.4, 0.5) is 10.1 Å². The van der Waals surface area contributed by atoms with E-state index in [2.05, 4.69) is 5.32 Å². The van der Waals surface area contributed by atoms with Crippen molar-refractivity contribution < 1.29 is 9.18 Å². The summed E-state index contributed by atoms with van der Waals surface area (Å²) in [5, 5.41) is 2.64. The van der Waals surface area contributed by atoms with E-state index >= 15 is 0 Å². The lowest BCUT2D eigenvalue weighted by molar-refractivity contribution is -0.123. The van der Waals surface area contributed by atoms with Gasteiger partial charge in [-0.2, -0.15) is 0 Å². The van der Waals surface area contributed by atoms with Crippen LogP contribution in [0.25, 0.3) is 0 Å². The molecule has 0 aliphatic carbocycles. The van der Waals surface area contributed by atoms with Gasteiger partial charge in [-0.25, -0.2) is 4.39 Å². The minimum absolute atomic E-state index is 0.122. The Morgan fingerprint density at radius 2 is 2.00 bits per heavy atom. The molecule has 0 aliphatic rings. The molecule has 2 nitrogen and oxygen atoms in total. The first kappa shape index (κ1) is 10.7. The maximum absolute atomic E-state index is 12.8. The third kappa shape index (κ3) is 2.83. The van der Waals surface area contributed by atoms with Crippen molar-refractivity contribution in [2.45, 2.75) is 20.8 Å². The van der Waals surface area contributed by atoms with Crippen LogP contribution in [0.3, 0.4) is 0 Å². The van der Waals surface area contributed by atoms with Crippen LogP contribution in [0.15, 0.2) is 24.3 Å². The van der Waals surface area contributed by atoms with Crippen LogP contribution in [-0.4, -0.2) is 5.91 Å². The SMILES string of the molecule is CC(C)(C)C(=O)Nc1cccc(F)c1. The van der Waals surface area contributed by atoms with E-state index in [4.69, 9.17) is 0 Å². The van der Waals surface area contributed by atoms with E-state index in [1.807, 2.05) is 20.8 Å². The molecule has 1 aromatic carbocycles. The lowest BCUT2D eigenvalue weighted by atomic mass is 9.95. The van der Waals surface area contributed by atoms with Gasteiger partial charge in [-0.05, 0) is 18.2 Å². The average molecular weight is 195 g/mol. The predicted molar refractivity (Wildman–Crippen MR) is 54.5 cm³/mol. The van der Waals surface area contributed by atoms with Crippen molar-refractivity contribution in [3.63, 3.8) is 0 Å². The summed E-state index contributed by atoms with van der Waals surface area (Å²) in [6.07, 6.45) is 0. The fourth-order valence-corrected chi connectivity index (χ4v) is 0.885. The number of carbonyl (C=O) groups is 1. The van der Waals surface area contributed by atoms with E-state index in [0.717, 1.165) is 0 Å². The monoisotopic (exact) mass is 195 g/mol. The number of benzene rings is 1. The molecule has 0 bridgehead atoms. The van der Waals surface area contributed by atoms with E-state index in [-0.39, 0.29) is 11.7 Å². The Kier molecular flexibility index (Phi) is 2.89. The van der Waals surface area contributed by atoms with Gasteiger partial charge >= 0.3 is 0 Å². The number of hydrogen-bond donors (Lipinski definition) is 1. The number of carbonyl (C=O) groups excluding carboxylic acids is 1. The van der Waals surface area contributed by atoms with Crippen LogP contribution < -0.4 is 5.32 Å². The van der Waals surface area contributed by atoms with Crippen LogP contribution >= 0.6 is 0 Å². The number of nitrogens with one attached hydrogen (secondary N) is 1. The van der Waals surface area contributed by atoms with E-state index in [9.17, 15) is 9.18 Å². The topological polar surface area (TPSA) is 29.1 Å². The van der Waals surface area contributed by atoms with Gasteiger partial charge in [-0.1, -0.05) is 26.8 Å². The molecule has 0 unspecified atom stereocenters. The minimum Gasteiger partial charge on any atom is -0.326 e. The first-order chi connectivity index (χ1) is 6.39. The van der Waals surface area contributed by atoms with Gasteiger partial charge < -0.3 is 5.32 Å². The molecule has 0 atom stereocenters. The second-order valence-electron chi connectivity index (χ2n) is 4.21. The van der Waals surface area contributed by atoms with Gasteiger partial charge in [0.1, 0.15) is 5.82 Å². The summed E-state index contributed by atoms with van der Waals surface area (Å²) in [6.45, 7) is 5.42. The van der Waals surface area contributed by atoms with Crippen molar-refractivity contribution in [1.82, 2.24) is 0 Å². The molecule has 14 heavy (non-hydrogen) atoms. The standard InChI is InChI=1S/C11H14FNO/c1-11(2,3)10(14)13-9-6-4-5-8(12)7-9/h4-7H,1-3H3,(H,13,14). The molecule has 1 N–H and O–H groups in total. The Balaban J connectivity index is 2.75. The summed E-state index contributed by atoms with van der Waals surface area (Å²) in [6, 6.07) is 5.86. The normalized spacial score (nSPS) is 11.1. The maximum atomic E-state index is 12.8. The fourth-order valence-electron chi connectivity index (χ4n) is 0.885. The Morgan fingerprint density at radius 1 is 1.36 bits per heavy atom. The van der Waals surface area contributed by atoms with Crippen LogP contribution in [0.5, 0.6) is 0 Å². The third-order valence-corrected chi connectivity index (χ3v) is 1.76. The average Bonchev–Trinajstić information content (AvgIpc) is 2.02. The molecule has 0 aromatic heterocycles. The third-order valence-electron chi connectivity index (χ3n) is 1.76. The molecular formula is C11H14FNO. The lowest BCUT2D eigenvalue weighted by Gasteiger charge is -2.17. The summed E-state index contributed by atoms with van der Waals surface area (Å²) in [5.41, 5.74) is 0.0247. The van der Waals surface area contributed by atoms with Gasteiger partial charge in [0.05, 0.1) is 0 Å². The molecule has 1 rings (SSSR count). The minimum atomic E-state index is -0.466. The number of anilines is 1. The zero-order valence-electron chi connectivity index (χ0n) is 8.60. The number of rotatable bonds is 1. The van der Waals surface area contributed by atoms with Crippen molar-refractivity contribution in [3.05, 3.63) is 30.1 Å². The summed E-state index contributed by atoms with van der Waals surface area (Å²) in [4.78, 5) is 11.5. The van der Waals surface area contributed by atoms with E-state index in [1.54, 1.807) is 12.1 Å². The van der Waals surface area contributed by atoms with Gasteiger partial charge in [-0.3, -0.25) is 4.79 Å². The zero-order valence-corrected chi connectivity index (χ0v) is 8.60. The van der Waals surface area contributed by atoms with Crippen LogP contribution in [-0.2, 0) is 4.79 Å². The largest absolute Gasteiger partial charge is 0.326 e. The number of hydrogen-bond acceptors (Lipinski definition) is 1. The number of amides is 1. The molecule has 76 valence electrons. The smallest absolute Gasteiger partial charge is 0.229 e.